The van der Waals surface area contributed by atoms with E-state index in [2.05, 4.69) is 20.7 Å². The van der Waals surface area contributed by atoms with Crippen LogP contribution in [0.25, 0.3) is 5.65 Å². The van der Waals surface area contributed by atoms with Gasteiger partial charge in [-0.2, -0.15) is 4.98 Å². The standard InChI is InChI=1S/C13H19N5O/c1-4-8-14-12(19)10(3)15-13-16-11-7-5-6-9(2)18(11)17-13/h5-7,10H,4,8H2,1-3H3,(H,14,19)(H,15,17). The van der Waals surface area contributed by atoms with E-state index in [-0.39, 0.29) is 11.9 Å². The number of hydrogen-bond donors (Lipinski definition) is 2. The number of anilines is 1. The van der Waals surface area contributed by atoms with Crippen LogP contribution < -0.4 is 10.6 Å². The molecule has 1 atom stereocenters. The van der Waals surface area contributed by atoms with Crippen LogP contribution in [0.3, 0.4) is 0 Å². The Balaban J connectivity index is 2.09. The van der Waals surface area contributed by atoms with Gasteiger partial charge >= 0.3 is 0 Å². The van der Waals surface area contributed by atoms with Crippen LogP contribution in [0, 0.1) is 6.92 Å². The fourth-order valence-corrected chi connectivity index (χ4v) is 1.76. The molecule has 2 N–H and O–H groups in total. The lowest BCUT2D eigenvalue weighted by molar-refractivity contribution is -0.121. The molecule has 1 unspecified atom stereocenters. The third-order valence-corrected chi connectivity index (χ3v) is 2.84. The molecule has 0 aliphatic carbocycles. The van der Waals surface area contributed by atoms with Crippen LogP contribution in [0.1, 0.15) is 26.0 Å². The topological polar surface area (TPSA) is 71.3 Å². The quantitative estimate of drug-likeness (QED) is 0.852. The molecule has 0 radical (unpaired) electrons. The van der Waals surface area contributed by atoms with Gasteiger partial charge in [0, 0.05) is 12.2 Å². The zero-order valence-electron chi connectivity index (χ0n) is 11.5. The second kappa shape index (κ2) is 5.69. The number of carbonyl (C=O) groups is 1. The van der Waals surface area contributed by atoms with Gasteiger partial charge in [0.25, 0.3) is 0 Å². The van der Waals surface area contributed by atoms with Crippen LogP contribution in [0.5, 0.6) is 0 Å². The van der Waals surface area contributed by atoms with E-state index in [4.69, 9.17) is 0 Å². The van der Waals surface area contributed by atoms with E-state index >= 15 is 0 Å². The molecule has 2 aromatic heterocycles. The highest BCUT2D eigenvalue weighted by Gasteiger charge is 2.14. The summed E-state index contributed by atoms with van der Waals surface area (Å²) < 4.78 is 1.75. The molecular formula is C13H19N5O. The maximum atomic E-state index is 11.8. The fraction of sp³-hybridized carbons (Fsp3) is 0.462. The molecule has 6 nitrogen and oxygen atoms in total. The molecule has 0 bridgehead atoms. The van der Waals surface area contributed by atoms with Gasteiger partial charge in [-0.1, -0.05) is 13.0 Å². The van der Waals surface area contributed by atoms with Crippen LogP contribution in [-0.2, 0) is 4.79 Å². The predicted molar refractivity (Wildman–Crippen MR) is 74.1 cm³/mol. The van der Waals surface area contributed by atoms with Gasteiger partial charge in [-0.05, 0) is 32.4 Å². The largest absolute Gasteiger partial charge is 0.354 e. The van der Waals surface area contributed by atoms with E-state index in [0.29, 0.717) is 12.5 Å². The number of carbonyl (C=O) groups excluding carboxylic acids is 1. The minimum Gasteiger partial charge on any atom is -0.354 e. The smallest absolute Gasteiger partial charge is 0.243 e. The molecule has 2 aromatic rings. The predicted octanol–water partition coefficient (Wildman–Crippen LogP) is 1.36. The molecule has 0 aromatic carbocycles. The number of pyridine rings is 1. The van der Waals surface area contributed by atoms with Crippen molar-refractivity contribution in [2.24, 2.45) is 0 Å². The van der Waals surface area contributed by atoms with Gasteiger partial charge in [-0.3, -0.25) is 4.79 Å². The van der Waals surface area contributed by atoms with Crippen LogP contribution >= 0.6 is 0 Å². The molecule has 0 aliphatic rings. The van der Waals surface area contributed by atoms with Gasteiger partial charge in [-0.25, -0.2) is 4.52 Å². The molecular weight excluding hydrogens is 242 g/mol. The molecule has 0 spiro atoms. The molecule has 2 rings (SSSR count). The first-order valence-electron chi connectivity index (χ1n) is 6.48. The third kappa shape index (κ3) is 3.01. The zero-order valence-corrected chi connectivity index (χ0v) is 11.5. The molecule has 0 aliphatic heterocycles. The van der Waals surface area contributed by atoms with Crippen LogP contribution in [0.15, 0.2) is 18.2 Å². The molecule has 0 saturated heterocycles. The number of fused-ring (bicyclic) bond motifs is 1. The Morgan fingerprint density at radius 2 is 2.26 bits per heavy atom. The summed E-state index contributed by atoms with van der Waals surface area (Å²) in [6.45, 7) is 6.46. The van der Waals surface area contributed by atoms with Gasteiger partial charge in [0.1, 0.15) is 6.04 Å². The first-order chi connectivity index (χ1) is 9.11. The van der Waals surface area contributed by atoms with Crippen molar-refractivity contribution in [3.05, 3.63) is 23.9 Å². The summed E-state index contributed by atoms with van der Waals surface area (Å²) in [4.78, 5) is 16.1. The molecule has 102 valence electrons. The first-order valence-corrected chi connectivity index (χ1v) is 6.48. The molecule has 2 heterocycles. The summed E-state index contributed by atoms with van der Waals surface area (Å²) in [6.07, 6.45) is 0.921. The van der Waals surface area contributed by atoms with Crippen LogP contribution in [0.4, 0.5) is 5.95 Å². The van der Waals surface area contributed by atoms with Gasteiger partial charge in [-0.15, -0.1) is 5.10 Å². The number of rotatable bonds is 5. The Kier molecular flexibility index (Phi) is 3.99. The second-order valence-electron chi connectivity index (χ2n) is 4.53. The number of nitrogens with zero attached hydrogens (tertiary/aromatic N) is 3. The Bertz CT molecular complexity index is 577. The molecule has 19 heavy (non-hydrogen) atoms. The minimum absolute atomic E-state index is 0.0440. The van der Waals surface area contributed by atoms with E-state index in [1.54, 1.807) is 11.4 Å². The van der Waals surface area contributed by atoms with Crippen molar-refractivity contribution in [2.45, 2.75) is 33.2 Å². The van der Waals surface area contributed by atoms with Crippen molar-refractivity contribution >= 4 is 17.5 Å². The normalized spacial score (nSPS) is 12.4. The molecule has 0 fully saturated rings. The second-order valence-corrected chi connectivity index (χ2v) is 4.53. The van der Waals surface area contributed by atoms with E-state index in [9.17, 15) is 4.79 Å². The van der Waals surface area contributed by atoms with Gasteiger partial charge in [0.2, 0.25) is 11.9 Å². The number of aromatic nitrogens is 3. The maximum Gasteiger partial charge on any atom is 0.243 e. The molecule has 0 saturated carbocycles. The zero-order chi connectivity index (χ0) is 13.8. The summed E-state index contributed by atoms with van der Waals surface area (Å²) in [7, 11) is 0. The van der Waals surface area contributed by atoms with Crippen molar-refractivity contribution in [1.82, 2.24) is 19.9 Å². The summed E-state index contributed by atoms with van der Waals surface area (Å²) in [5.74, 6) is 0.422. The summed E-state index contributed by atoms with van der Waals surface area (Å²) in [5, 5.41) is 10.2. The molecule has 6 heteroatoms. The van der Waals surface area contributed by atoms with E-state index in [1.807, 2.05) is 32.0 Å². The van der Waals surface area contributed by atoms with E-state index in [1.165, 1.54) is 0 Å². The maximum absolute atomic E-state index is 11.8. The highest BCUT2D eigenvalue weighted by molar-refractivity contribution is 5.83. The van der Waals surface area contributed by atoms with Crippen LogP contribution in [0.2, 0.25) is 0 Å². The van der Waals surface area contributed by atoms with Crippen molar-refractivity contribution < 1.29 is 4.79 Å². The number of nitrogens with one attached hydrogen (secondary N) is 2. The minimum atomic E-state index is -0.357. The first kappa shape index (κ1) is 13.3. The van der Waals surface area contributed by atoms with Crippen molar-refractivity contribution in [1.29, 1.82) is 0 Å². The highest BCUT2D eigenvalue weighted by atomic mass is 16.2. The number of hydrogen-bond acceptors (Lipinski definition) is 4. The number of aryl methyl sites for hydroxylation is 1. The summed E-state index contributed by atoms with van der Waals surface area (Å²) in [5.41, 5.74) is 1.77. The lowest BCUT2D eigenvalue weighted by Crippen LogP contribution is -2.38. The summed E-state index contributed by atoms with van der Waals surface area (Å²) >= 11 is 0. The van der Waals surface area contributed by atoms with E-state index < -0.39 is 0 Å². The Hall–Kier alpha value is -2.11. The Labute approximate surface area is 112 Å². The SMILES string of the molecule is CCCNC(=O)C(C)Nc1nc2cccc(C)n2n1. The fourth-order valence-electron chi connectivity index (χ4n) is 1.76. The van der Waals surface area contributed by atoms with Crippen molar-refractivity contribution in [3.8, 4) is 0 Å². The van der Waals surface area contributed by atoms with Gasteiger partial charge in [0.05, 0.1) is 0 Å². The monoisotopic (exact) mass is 261 g/mol. The van der Waals surface area contributed by atoms with Crippen molar-refractivity contribution in [3.63, 3.8) is 0 Å². The average Bonchev–Trinajstić information content (AvgIpc) is 2.79. The van der Waals surface area contributed by atoms with Crippen LogP contribution in [-0.4, -0.2) is 33.1 Å². The van der Waals surface area contributed by atoms with Gasteiger partial charge < -0.3 is 10.6 Å². The van der Waals surface area contributed by atoms with Crippen molar-refractivity contribution in [2.75, 3.05) is 11.9 Å². The molecule has 1 amide bonds. The lowest BCUT2D eigenvalue weighted by Gasteiger charge is -2.11. The third-order valence-electron chi connectivity index (χ3n) is 2.84. The number of amides is 1. The Morgan fingerprint density at radius 1 is 1.47 bits per heavy atom. The Morgan fingerprint density at radius 3 is 2.95 bits per heavy atom. The lowest BCUT2D eigenvalue weighted by atomic mass is 10.3. The van der Waals surface area contributed by atoms with E-state index in [0.717, 1.165) is 17.8 Å². The highest BCUT2D eigenvalue weighted by Crippen LogP contribution is 2.08. The summed E-state index contributed by atoms with van der Waals surface area (Å²) in [6, 6.07) is 5.42. The average molecular weight is 261 g/mol. The van der Waals surface area contributed by atoms with Gasteiger partial charge in [0.15, 0.2) is 5.65 Å².